The predicted octanol–water partition coefficient (Wildman–Crippen LogP) is 2.05. The van der Waals surface area contributed by atoms with Gasteiger partial charge in [-0.2, -0.15) is 5.10 Å². The van der Waals surface area contributed by atoms with E-state index in [1.165, 1.54) is 11.1 Å². The Kier molecular flexibility index (Phi) is 4.47. The number of aryl methyl sites for hydroxylation is 1. The quantitative estimate of drug-likeness (QED) is 0.837. The van der Waals surface area contributed by atoms with Crippen molar-refractivity contribution in [3.8, 4) is 0 Å². The standard InChI is InChI=1S/C21H28N6O/c1-15-4-6-16(7-5-15)17-14-18-21-23-22-19(26(21)12-13-27(18)24-17)8-9-20(28)25-10-2-3-11-25/h4-7,12-13,17-18,21,23-24H,2-3,8-11,14H2,1H3. The minimum Gasteiger partial charge on any atom is -0.343 e. The van der Waals surface area contributed by atoms with Crippen LogP contribution in [0.5, 0.6) is 0 Å². The predicted molar refractivity (Wildman–Crippen MR) is 108 cm³/mol. The van der Waals surface area contributed by atoms with Crippen molar-refractivity contribution in [2.24, 2.45) is 5.10 Å². The lowest BCUT2D eigenvalue weighted by atomic mass is 9.99. The van der Waals surface area contributed by atoms with Gasteiger partial charge in [-0.25, -0.2) is 5.43 Å². The molecule has 4 heterocycles. The Morgan fingerprint density at radius 3 is 2.75 bits per heavy atom. The van der Waals surface area contributed by atoms with Gasteiger partial charge >= 0.3 is 0 Å². The van der Waals surface area contributed by atoms with Crippen LogP contribution in [0.15, 0.2) is 41.8 Å². The number of amides is 1. The summed E-state index contributed by atoms with van der Waals surface area (Å²) in [6.45, 7) is 3.95. The lowest BCUT2D eigenvalue weighted by Gasteiger charge is -2.37. The zero-order valence-corrected chi connectivity index (χ0v) is 16.3. The second-order valence-electron chi connectivity index (χ2n) is 8.20. The maximum Gasteiger partial charge on any atom is 0.223 e. The lowest BCUT2D eigenvalue weighted by Crippen LogP contribution is -2.54. The average Bonchev–Trinajstić information content (AvgIpc) is 3.44. The van der Waals surface area contributed by atoms with Crippen LogP contribution in [-0.2, 0) is 4.79 Å². The summed E-state index contributed by atoms with van der Waals surface area (Å²) in [4.78, 5) is 16.6. The van der Waals surface area contributed by atoms with Gasteiger partial charge in [0.05, 0.1) is 12.1 Å². The SMILES string of the molecule is Cc1ccc(C2CC3C4NN=C(CCC(=O)N5CCCC5)N4C=CN3N2)cc1. The number of rotatable bonds is 4. The summed E-state index contributed by atoms with van der Waals surface area (Å²) in [5.41, 5.74) is 9.52. The van der Waals surface area contributed by atoms with E-state index >= 15 is 0 Å². The molecule has 2 saturated heterocycles. The number of hydrazine groups is 1. The molecular weight excluding hydrogens is 352 g/mol. The van der Waals surface area contributed by atoms with Gasteiger partial charge in [0.1, 0.15) is 12.0 Å². The molecular formula is C21H28N6O. The van der Waals surface area contributed by atoms with E-state index in [4.69, 9.17) is 0 Å². The highest BCUT2D eigenvalue weighted by Crippen LogP contribution is 2.34. The molecule has 0 aromatic heterocycles. The number of likely N-dealkylation sites (tertiary alicyclic amines) is 1. The molecule has 7 heteroatoms. The van der Waals surface area contributed by atoms with Crippen molar-refractivity contribution >= 4 is 11.7 Å². The Morgan fingerprint density at radius 1 is 1.18 bits per heavy atom. The van der Waals surface area contributed by atoms with Gasteiger partial charge in [0, 0.05) is 38.3 Å². The Balaban J connectivity index is 1.21. The van der Waals surface area contributed by atoms with Gasteiger partial charge in [0.2, 0.25) is 5.91 Å². The van der Waals surface area contributed by atoms with E-state index < -0.39 is 0 Å². The summed E-state index contributed by atoms with van der Waals surface area (Å²) < 4.78 is 0. The van der Waals surface area contributed by atoms with E-state index in [1.807, 2.05) is 4.90 Å². The topological polar surface area (TPSA) is 63.2 Å². The van der Waals surface area contributed by atoms with Gasteiger partial charge in [-0.05, 0) is 31.7 Å². The van der Waals surface area contributed by atoms with Gasteiger partial charge in [-0.3, -0.25) is 10.2 Å². The first kappa shape index (κ1) is 17.6. The highest BCUT2D eigenvalue weighted by molar-refractivity contribution is 5.89. The summed E-state index contributed by atoms with van der Waals surface area (Å²) in [7, 11) is 0. The van der Waals surface area contributed by atoms with Crippen molar-refractivity contribution in [3.63, 3.8) is 0 Å². The third kappa shape index (κ3) is 3.13. The van der Waals surface area contributed by atoms with Crippen LogP contribution >= 0.6 is 0 Å². The second kappa shape index (κ2) is 7.13. The molecule has 7 nitrogen and oxygen atoms in total. The molecule has 0 saturated carbocycles. The molecule has 0 bridgehead atoms. The van der Waals surface area contributed by atoms with E-state index in [9.17, 15) is 4.79 Å². The molecule has 28 heavy (non-hydrogen) atoms. The van der Waals surface area contributed by atoms with E-state index in [0.717, 1.165) is 38.2 Å². The summed E-state index contributed by atoms with van der Waals surface area (Å²) in [6.07, 6.45) is 8.79. The van der Waals surface area contributed by atoms with Crippen molar-refractivity contribution < 1.29 is 4.79 Å². The van der Waals surface area contributed by atoms with Crippen LogP contribution in [0.25, 0.3) is 0 Å². The van der Waals surface area contributed by atoms with E-state index in [2.05, 4.69) is 69.5 Å². The fraction of sp³-hybridized carbons (Fsp3) is 0.524. The molecule has 4 aliphatic heterocycles. The average molecular weight is 380 g/mol. The van der Waals surface area contributed by atoms with Crippen LogP contribution in [0.3, 0.4) is 0 Å². The molecule has 1 aromatic rings. The maximum absolute atomic E-state index is 12.4. The van der Waals surface area contributed by atoms with Crippen molar-refractivity contribution in [3.05, 3.63) is 47.8 Å². The molecule has 0 spiro atoms. The largest absolute Gasteiger partial charge is 0.343 e. The zero-order chi connectivity index (χ0) is 19.1. The Morgan fingerprint density at radius 2 is 1.96 bits per heavy atom. The first-order valence-corrected chi connectivity index (χ1v) is 10.4. The second-order valence-corrected chi connectivity index (χ2v) is 8.20. The number of hydrogen-bond acceptors (Lipinski definition) is 6. The molecule has 1 aromatic carbocycles. The molecule has 3 atom stereocenters. The molecule has 148 valence electrons. The first-order chi connectivity index (χ1) is 13.7. The Bertz CT molecular complexity index is 798. The molecule has 5 rings (SSSR count). The normalized spacial score (nSPS) is 28.2. The number of carbonyl (C=O) groups excluding carboxylic acids is 1. The molecule has 2 N–H and O–H groups in total. The third-order valence-electron chi connectivity index (χ3n) is 6.32. The lowest BCUT2D eigenvalue weighted by molar-refractivity contribution is -0.129. The molecule has 0 radical (unpaired) electrons. The Hall–Kier alpha value is -2.54. The zero-order valence-electron chi connectivity index (χ0n) is 16.3. The number of nitrogens with one attached hydrogen (secondary N) is 2. The van der Waals surface area contributed by atoms with E-state index in [1.54, 1.807) is 0 Å². The molecule has 0 aliphatic carbocycles. The van der Waals surface area contributed by atoms with Gasteiger partial charge in [-0.15, -0.1) is 0 Å². The fourth-order valence-electron chi connectivity index (χ4n) is 4.67. The minimum absolute atomic E-state index is 0.116. The van der Waals surface area contributed by atoms with E-state index in [-0.39, 0.29) is 12.1 Å². The number of fused-ring (bicyclic) bond motifs is 3. The van der Waals surface area contributed by atoms with Crippen molar-refractivity contribution in [1.82, 2.24) is 25.7 Å². The highest BCUT2D eigenvalue weighted by Gasteiger charge is 2.44. The molecule has 2 fully saturated rings. The third-order valence-corrected chi connectivity index (χ3v) is 6.32. The number of hydrogen-bond donors (Lipinski definition) is 2. The number of hydrazone groups is 1. The molecule has 1 amide bonds. The number of benzene rings is 1. The summed E-state index contributed by atoms with van der Waals surface area (Å²) in [6, 6.07) is 9.36. The van der Waals surface area contributed by atoms with Gasteiger partial charge < -0.3 is 14.8 Å². The summed E-state index contributed by atoms with van der Waals surface area (Å²) >= 11 is 0. The van der Waals surface area contributed by atoms with Crippen LogP contribution in [0, 0.1) is 6.92 Å². The van der Waals surface area contributed by atoms with Gasteiger partial charge in [-0.1, -0.05) is 29.8 Å². The summed E-state index contributed by atoms with van der Waals surface area (Å²) in [5.74, 6) is 1.22. The van der Waals surface area contributed by atoms with Crippen LogP contribution in [-0.4, -0.2) is 51.8 Å². The number of amidine groups is 1. The smallest absolute Gasteiger partial charge is 0.223 e. The molecule has 3 unspecified atom stereocenters. The van der Waals surface area contributed by atoms with Crippen molar-refractivity contribution in [2.45, 2.75) is 57.3 Å². The maximum atomic E-state index is 12.4. The number of nitrogens with zero attached hydrogens (tertiary/aromatic N) is 4. The van der Waals surface area contributed by atoms with Crippen molar-refractivity contribution in [1.29, 1.82) is 0 Å². The van der Waals surface area contributed by atoms with Crippen LogP contribution in [0.2, 0.25) is 0 Å². The monoisotopic (exact) mass is 380 g/mol. The first-order valence-electron chi connectivity index (χ1n) is 10.4. The van der Waals surface area contributed by atoms with Crippen LogP contribution < -0.4 is 10.9 Å². The van der Waals surface area contributed by atoms with Crippen LogP contribution in [0.4, 0.5) is 0 Å². The van der Waals surface area contributed by atoms with Gasteiger partial charge in [0.15, 0.2) is 0 Å². The summed E-state index contributed by atoms with van der Waals surface area (Å²) in [5, 5.41) is 6.77. The Labute approximate surface area is 166 Å². The highest BCUT2D eigenvalue weighted by atomic mass is 16.2. The van der Waals surface area contributed by atoms with Crippen LogP contribution in [0.1, 0.15) is 49.3 Å². The van der Waals surface area contributed by atoms with E-state index in [0.29, 0.717) is 24.9 Å². The van der Waals surface area contributed by atoms with Gasteiger partial charge in [0.25, 0.3) is 0 Å². The molecule has 4 aliphatic rings. The van der Waals surface area contributed by atoms with Crippen molar-refractivity contribution in [2.75, 3.05) is 13.1 Å². The fourth-order valence-corrected chi connectivity index (χ4v) is 4.67. The minimum atomic E-state index is 0.116. The number of carbonyl (C=O) groups is 1.